The molecule has 1 amide bonds. The quantitative estimate of drug-likeness (QED) is 0.754. The lowest BCUT2D eigenvalue weighted by Crippen LogP contribution is -2.16. The van der Waals surface area contributed by atoms with Gasteiger partial charge in [0, 0.05) is 36.0 Å². The Hall–Kier alpha value is -3.14. The van der Waals surface area contributed by atoms with Crippen LogP contribution in [-0.4, -0.2) is 17.4 Å². The fraction of sp³-hybridized carbons (Fsp3) is 0.100. The van der Waals surface area contributed by atoms with E-state index in [1.54, 1.807) is 24.5 Å². The highest BCUT2D eigenvalue weighted by atomic mass is 16.1. The third-order valence-electron chi connectivity index (χ3n) is 3.74. The van der Waals surface area contributed by atoms with Crippen LogP contribution in [-0.2, 0) is 0 Å². The van der Waals surface area contributed by atoms with E-state index in [1.165, 1.54) is 0 Å². The second kappa shape index (κ2) is 7.42. The highest BCUT2D eigenvalue weighted by molar-refractivity contribution is 6.04. The molecule has 120 valence electrons. The third kappa shape index (κ3) is 3.60. The maximum absolute atomic E-state index is 12.1. The number of pyridine rings is 1. The van der Waals surface area contributed by atoms with E-state index in [0.717, 1.165) is 23.6 Å². The van der Waals surface area contributed by atoms with Crippen molar-refractivity contribution < 1.29 is 4.79 Å². The van der Waals surface area contributed by atoms with Crippen LogP contribution in [0.15, 0.2) is 79.1 Å². The number of para-hydroxylation sites is 1. The number of aromatic nitrogens is 1. The van der Waals surface area contributed by atoms with E-state index in [9.17, 15) is 4.79 Å². The summed E-state index contributed by atoms with van der Waals surface area (Å²) in [4.78, 5) is 18.3. The summed E-state index contributed by atoms with van der Waals surface area (Å²) in [6.07, 6.45) is 3.20. The largest absolute Gasteiger partial charge is 0.342 e. The molecule has 0 unspecified atom stereocenters. The monoisotopic (exact) mass is 317 g/mol. The number of nitrogens with one attached hydrogen (secondary N) is 1. The zero-order valence-corrected chi connectivity index (χ0v) is 13.5. The van der Waals surface area contributed by atoms with Crippen LogP contribution >= 0.6 is 0 Å². The summed E-state index contributed by atoms with van der Waals surface area (Å²) < 4.78 is 0. The van der Waals surface area contributed by atoms with Crippen molar-refractivity contribution in [1.82, 2.24) is 4.98 Å². The summed E-state index contributed by atoms with van der Waals surface area (Å²) >= 11 is 0. The molecule has 2 aromatic carbocycles. The van der Waals surface area contributed by atoms with Crippen LogP contribution in [0.1, 0.15) is 17.3 Å². The predicted octanol–water partition coefficient (Wildman–Crippen LogP) is 4.49. The van der Waals surface area contributed by atoms with Crippen LogP contribution in [0.5, 0.6) is 0 Å². The molecule has 3 rings (SSSR count). The molecule has 0 atom stereocenters. The Bertz CT molecular complexity index is 786. The molecule has 1 heterocycles. The maximum Gasteiger partial charge on any atom is 0.257 e. The van der Waals surface area contributed by atoms with E-state index in [1.807, 2.05) is 42.5 Å². The third-order valence-corrected chi connectivity index (χ3v) is 3.74. The SMILES string of the molecule is CCN(c1ccccc1)c1ccc(NC(=O)c2cccnc2)cc1. The molecule has 1 N–H and O–H groups in total. The van der Waals surface area contributed by atoms with Gasteiger partial charge in [-0.25, -0.2) is 0 Å². The van der Waals surface area contributed by atoms with Crippen LogP contribution in [0, 0.1) is 0 Å². The lowest BCUT2D eigenvalue weighted by molar-refractivity contribution is 0.102. The Labute approximate surface area is 141 Å². The molecular formula is C20H19N3O. The summed E-state index contributed by atoms with van der Waals surface area (Å²) in [5.41, 5.74) is 3.54. The van der Waals surface area contributed by atoms with Crippen LogP contribution in [0.3, 0.4) is 0 Å². The first-order valence-electron chi connectivity index (χ1n) is 7.92. The number of carbonyl (C=O) groups excluding carboxylic acids is 1. The minimum atomic E-state index is -0.161. The van der Waals surface area contributed by atoms with Crippen molar-refractivity contribution in [3.05, 3.63) is 84.7 Å². The molecule has 0 saturated carbocycles. The number of benzene rings is 2. The van der Waals surface area contributed by atoms with Gasteiger partial charge in [-0.2, -0.15) is 0 Å². The van der Waals surface area contributed by atoms with Gasteiger partial charge < -0.3 is 10.2 Å². The van der Waals surface area contributed by atoms with E-state index in [-0.39, 0.29) is 5.91 Å². The molecule has 0 spiro atoms. The molecule has 4 heteroatoms. The average Bonchev–Trinajstić information content (AvgIpc) is 2.65. The number of rotatable bonds is 5. The van der Waals surface area contributed by atoms with Gasteiger partial charge in [0.25, 0.3) is 5.91 Å². The normalized spacial score (nSPS) is 10.2. The second-order valence-corrected chi connectivity index (χ2v) is 5.32. The lowest BCUT2D eigenvalue weighted by atomic mass is 10.2. The average molecular weight is 317 g/mol. The van der Waals surface area contributed by atoms with Gasteiger partial charge in [-0.15, -0.1) is 0 Å². The van der Waals surface area contributed by atoms with Crippen molar-refractivity contribution >= 4 is 23.0 Å². The number of amides is 1. The van der Waals surface area contributed by atoms with E-state index < -0.39 is 0 Å². The zero-order valence-electron chi connectivity index (χ0n) is 13.5. The molecule has 0 aliphatic carbocycles. The fourth-order valence-corrected chi connectivity index (χ4v) is 2.55. The van der Waals surface area contributed by atoms with Gasteiger partial charge in [0.05, 0.1) is 5.56 Å². The minimum Gasteiger partial charge on any atom is -0.342 e. The van der Waals surface area contributed by atoms with Crippen molar-refractivity contribution in [3.63, 3.8) is 0 Å². The second-order valence-electron chi connectivity index (χ2n) is 5.32. The Morgan fingerprint density at radius 1 is 0.958 bits per heavy atom. The summed E-state index contributed by atoms with van der Waals surface area (Å²) in [6.45, 7) is 2.98. The van der Waals surface area contributed by atoms with Crippen LogP contribution in [0.25, 0.3) is 0 Å². The van der Waals surface area contributed by atoms with Gasteiger partial charge in [0.15, 0.2) is 0 Å². The summed E-state index contributed by atoms with van der Waals surface area (Å²) in [6, 6.07) is 21.6. The predicted molar refractivity (Wildman–Crippen MR) is 97.8 cm³/mol. The number of carbonyl (C=O) groups is 1. The topological polar surface area (TPSA) is 45.2 Å². The molecule has 3 aromatic rings. The first kappa shape index (κ1) is 15.7. The van der Waals surface area contributed by atoms with Crippen LogP contribution < -0.4 is 10.2 Å². The number of nitrogens with zero attached hydrogens (tertiary/aromatic N) is 2. The molecule has 0 fully saturated rings. The minimum absolute atomic E-state index is 0.161. The standard InChI is InChI=1S/C20H19N3O/c1-2-23(18-8-4-3-5-9-18)19-12-10-17(11-13-19)22-20(24)16-7-6-14-21-15-16/h3-15H,2H2,1H3,(H,22,24). The van der Waals surface area contributed by atoms with Crippen molar-refractivity contribution in [2.75, 3.05) is 16.8 Å². The molecule has 0 bridgehead atoms. The van der Waals surface area contributed by atoms with Crippen molar-refractivity contribution in [2.24, 2.45) is 0 Å². The van der Waals surface area contributed by atoms with Crippen molar-refractivity contribution in [3.8, 4) is 0 Å². The Morgan fingerprint density at radius 2 is 1.67 bits per heavy atom. The first-order chi connectivity index (χ1) is 11.8. The van der Waals surface area contributed by atoms with Crippen molar-refractivity contribution in [2.45, 2.75) is 6.92 Å². The van der Waals surface area contributed by atoms with Crippen LogP contribution in [0.2, 0.25) is 0 Å². The van der Waals surface area contributed by atoms with Crippen LogP contribution in [0.4, 0.5) is 17.1 Å². The number of hydrogen-bond acceptors (Lipinski definition) is 3. The van der Waals surface area contributed by atoms with E-state index in [0.29, 0.717) is 5.56 Å². The van der Waals surface area contributed by atoms with E-state index in [2.05, 4.69) is 34.3 Å². The van der Waals surface area contributed by atoms with Crippen molar-refractivity contribution in [1.29, 1.82) is 0 Å². The number of anilines is 3. The Morgan fingerprint density at radius 3 is 2.29 bits per heavy atom. The maximum atomic E-state index is 12.1. The molecule has 4 nitrogen and oxygen atoms in total. The highest BCUT2D eigenvalue weighted by Crippen LogP contribution is 2.26. The van der Waals surface area contributed by atoms with Gasteiger partial charge in [0.2, 0.25) is 0 Å². The van der Waals surface area contributed by atoms with Gasteiger partial charge in [-0.3, -0.25) is 9.78 Å². The lowest BCUT2D eigenvalue weighted by Gasteiger charge is -2.23. The molecule has 24 heavy (non-hydrogen) atoms. The Kier molecular flexibility index (Phi) is 4.87. The van der Waals surface area contributed by atoms with E-state index >= 15 is 0 Å². The smallest absolute Gasteiger partial charge is 0.257 e. The highest BCUT2D eigenvalue weighted by Gasteiger charge is 2.08. The molecule has 0 radical (unpaired) electrons. The van der Waals surface area contributed by atoms with E-state index in [4.69, 9.17) is 0 Å². The molecule has 1 aromatic heterocycles. The Balaban J connectivity index is 1.74. The summed E-state index contributed by atoms with van der Waals surface area (Å²) in [5.74, 6) is -0.161. The summed E-state index contributed by atoms with van der Waals surface area (Å²) in [5, 5.41) is 2.88. The summed E-state index contributed by atoms with van der Waals surface area (Å²) in [7, 11) is 0. The number of hydrogen-bond donors (Lipinski definition) is 1. The molecule has 0 saturated heterocycles. The first-order valence-corrected chi connectivity index (χ1v) is 7.92. The molecular weight excluding hydrogens is 298 g/mol. The molecule has 0 aliphatic rings. The van der Waals surface area contributed by atoms with Gasteiger partial charge in [-0.1, -0.05) is 18.2 Å². The van der Waals surface area contributed by atoms with Gasteiger partial charge in [0.1, 0.15) is 0 Å². The molecule has 0 aliphatic heterocycles. The van der Waals surface area contributed by atoms with Gasteiger partial charge in [-0.05, 0) is 55.5 Å². The zero-order chi connectivity index (χ0) is 16.8. The fourth-order valence-electron chi connectivity index (χ4n) is 2.55. The van der Waals surface area contributed by atoms with Gasteiger partial charge >= 0.3 is 0 Å².